The van der Waals surface area contributed by atoms with E-state index in [0.29, 0.717) is 35.7 Å². The van der Waals surface area contributed by atoms with Crippen molar-refractivity contribution in [3.63, 3.8) is 0 Å². The molecule has 6 nitrogen and oxygen atoms in total. The molecule has 170 valence electrons. The average molecular weight is 430 g/mol. The van der Waals surface area contributed by atoms with Gasteiger partial charge in [0.15, 0.2) is 0 Å². The lowest BCUT2D eigenvalue weighted by Gasteiger charge is -2.50. The maximum atomic E-state index is 12.0. The number of phenols is 1. The van der Waals surface area contributed by atoms with Crippen LogP contribution in [0.2, 0.25) is 0 Å². The molecule has 0 saturated heterocycles. The van der Waals surface area contributed by atoms with Crippen molar-refractivity contribution in [3.8, 4) is 5.75 Å². The number of benzene rings is 1. The molecule has 0 radical (unpaired) electrons. The Labute approximate surface area is 184 Å². The summed E-state index contributed by atoms with van der Waals surface area (Å²) in [6.45, 7) is 9.84. The average Bonchev–Trinajstić information content (AvgIpc) is 3.04. The summed E-state index contributed by atoms with van der Waals surface area (Å²) in [7, 11) is 0. The molecule has 1 amide bonds. The predicted octanol–water partition coefficient (Wildman–Crippen LogP) is 4.84. The van der Waals surface area contributed by atoms with Gasteiger partial charge in [0, 0.05) is 11.0 Å². The van der Waals surface area contributed by atoms with Crippen molar-refractivity contribution in [3.05, 3.63) is 41.5 Å². The largest absolute Gasteiger partial charge is 0.508 e. The van der Waals surface area contributed by atoms with Crippen molar-refractivity contribution >= 4 is 12.1 Å². The van der Waals surface area contributed by atoms with Crippen molar-refractivity contribution in [1.29, 1.82) is 0 Å². The van der Waals surface area contributed by atoms with Gasteiger partial charge in [0.1, 0.15) is 11.9 Å². The molecule has 2 fully saturated rings. The summed E-state index contributed by atoms with van der Waals surface area (Å²) in [4.78, 5) is 21.6. The van der Waals surface area contributed by atoms with E-state index in [1.54, 1.807) is 13.8 Å². The maximum Gasteiger partial charge on any atom is 0.404 e. The van der Waals surface area contributed by atoms with Gasteiger partial charge >= 0.3 is 12.1 Å². The first kappa shape index (κ1) is 23.2. The molecule has 0 aromatic heterocycles. The van der Waals surface area contributed by atoms with Gasteiger partial charge < -0.3 is 20.3 Å². The number of ether oxygens (including phenoxy) is 2. The van der Waals surface area contributed by atoms with Crippen LogP contribution in [0.15, 0.2) is 30.4 Å². The van der Waals surface area contributed by atoms with Gasteiger partial charge in [-0.2, -0.15) is 0 Å². The van der Waals surface area contributed by atoms with Crippen LogP contribution >= 0.6 is 0 Å². The SMILES string of the molecule is C=C(C)C(=O)O[C@H]1CC[C@H]2[C@@H]3CCc4cc(O)ccc4[C@H]3CC[C@]12C.CCOC(N)=O. The number of carbonyl (C=O) groups excluding carboxylic acids is 2. The molecule has 4 rings (SSSR count). The molecule has 3 N–H and O–H groups in total. The van der Waals surface area contributed by atoms with Crippen molar-refractivity contribution in [1.82, 2.24) is 0 Å². The molecule has 6 heteroatoms. The Morgan fingerprint density at radius 3 is 2.61 bits per heavy atom. The number of primary amides is 1. The standard InChI is InChI=1S/C22H28O3.C3H7NO2/c1-13(2)21(24)25-20-9-8-19-18-6-4-14-12-15(23)5-7-16(14)17(18)10-11-22(19,20)3;1-2-6-3(4)5/h5,7,12,17-20,23H,1,4,6,8-11H2,2-3H3;2H2,1H3,(H2,4,5)/t17-,18-,19+,20+,22+;/m1./s1. The Balaban J connectivity index is 0.000000401. The summed E-state index contributed by atoms with van der Waals surface area (Å²) >= 11 is 0. The maximum absolute atomic E-state index is 12.0. The minimum Gasteiger partial charge on any atom is -0.508 e. The first-order valence-corrected chi connectivity index (χ1v) is 11.3. The predicted molar refractivity (Wildman–Crippen MR) is 119 cm³/mol. The summed E-state index contributed by atoms with van der Waals surface area (Å²) < 4.78 is 10.0. The van der Waals surface area contributed by atoms with Crippen LogP contribution in [0.5, 0.6) is 5.75 Å². The summed E-state index contributed by atoms with van der Waals surface area (Å²) in [5, 5.41) is 9.78. The fourth-order valence-electron chi connectivity index (χ4n) is 6.09. The zero-order valence-electron chi connectivity index (χ0n) is 18.9. The highest BCUT2D eigenvalue weighted by molar-refractivity contribution is 5.87. The Morgan fingerprint density at radius 1 is 1.26 bits per heavy atom. The summed E-state index contributed by atoms with van der Waals surface area (Å²) in [6, 6.07) is 5.92. The van der Waals surface area contributed by atoms with Gasteiger partial charge in [-0.1, -0.05) is 19.6 Å². The second-order valence-electron chi connectivity index (χ2n) is 9.35. The Morgan fingerprint density at radius 2 is 2.00 bits per heavy atom. The number of fused-ring (bicyclic) bond motifs is 5. The first-order chi connectivity index (χ1) is 14.7. The number of rotatable bonds is 3. The third kappa shape index (κ3) is 4.73. The second kappa shape index (κ2) is 9.33. The van der Waals surface area contributed by atoms with E-state index in [4.69, 9.17) is 4.74 Å². The molecule has 0 spiro atoms. The van der Waals surface area contributed by atoms with Gasteiger partial charge in [-0.15, -0.1) is 0 Å². The first-order valence-electron chi connectivity index (χ1n) is 11.3. The number of hydrogen-bond donors (Lipinski definition) is 2. The van der Waals surface area contributed by atoms with E-state index in [1.807, 2.05) is 12.1 Å². The van der Waals surface area contributed by atoms with Crippen LogP contribution < -0.4 is 5.73 Å². The molecule has 0 aliphatic heterocycles. The number of phenolic OH excluding ortho intramolecular Hbond substituents is 1. The number of aryl methyl sites for hydroxylation is 1. The molecule has 3 aliphatic rings. The van der Waals surface area contributed by atoms with Gasteiger partial charge in [-0.05, 0) is 93.4 Å². The monoisotopic (exact) mass is 429 g/mol. The third-order valence-corrected chi connectivity index (χ3v) is 7.51. The Hall–Kier alpha value is -2.50. The molecule has 5 atom stereocenters. The van der Waals surface area contributed by atoms with Gasteiger partial charge in [0.25, 0.3) is 0 Å². The van der Waals surface area contributed by atoms with E-state index in [2.05, 4.69) is 30.0 Å². The van der Waals surface area contributed by atoms with Crippen LogP contribution in [-0.4, -0.2) is 29.9 Å². The van der Waals surface area contributed by atoms with E-state index in [0.717, 1.165) is 32.1 Å². The van der Waals surface area contributed by atoms with Crippen LogP contribution in [0.3, 0.4) is 0 Å². The quantitative estimate of drug-likeness (QED) is 0.529. The van der Waals surface area contributed by atoms with Gasteiger partial charge in [0.2, 0.25) is 0 Å². The van der Waals surface area contributed by atoms with E-state index in [-0.39, 0.29) is 17.5 Å². The number of carbonyl (C=O) groups is 2. The molecule has 1 aromatic rings. The normalized spacial score (nSPS) is 30.5. The van der Waals surface area contributed by atoms with Crippen LogP contribution in [0, 0.1) is 17.3 Å². The zero-order chi connectivity index (χ0) is 22.8. The molecule has 1 aromatic carbocycles. The number of amides is 1. The molecule has 31 heavy (non-hydrogen) atoms. The number of esters is 1. The minimum absolute atomic E-state index is 0.0314. The molecule has 3 aliphatic carbocycles. The van der Waals surface area contributed by atoms with Crippen molar-refractivity contribution in [2.75, 3.05) is 6.61 Å². The summed E-state index contributed by atoms with van der Waals surface area (Å²) in [5.74, 6) is 2.03. The lowest BCUT2D eigenvalue weighted by atomic mass is 9.55. The van der Waals surface area contributed by atoms with Crippen molar-refractivity contribution in [2.24, 2.45) is 23.0 Å². The molecule has 0 bridgehead atoms. The van der Waals surface area contributed by atoms with Gasteiger partial charge in [-0.3, -0.25) is 0 Å². The topological polar surface area (TPSA) is 98.8 Å². The van der Waals surface area contributed by atoms with Crippen molar-refractivity contribution in [2.45, 2.75) is 71.3 Å². The molecular weight excluding hydrogens is 394 g/mol. The van der Waals surface area contributed by atoms with Gasteiger partial charge in [-0.25, -0.2) is 9.59 Å². The fourth-order valence-corrected chi connectivity index (χ4v) is 6.09. The lowest BCUT2D eigenvalue weighted by Crippen LogP contribution is -2.45. The second-order valence-corrected chi connectivity index (χ2v) is 9.35. The fraction of sp³-hybridized carbons (Fsp3) is 0.600. The number of aromatic hydroxyl groups is 1. The molecule has 0 heterocycles. The van der Waals surface area contributed by atoms with E-state index in [9.17, 15) is 14.7 Å². The van der Waals surface area contributed by atoms with Gasteiger partial charge in [0.05, 0.1) is 6.61 Å². The van der Waals surface area contributed by atoms with E-state index < -0.39 is 6.09 Å². The number of nitrogens with two attached hydrogens (primary N) is 1. The third-order valence-electron chi connectivity index (χ3n) is 7.51. The summed E-state index contributed by atoms with van der Waals surface area (Å²) in [6.07, 6.45) is 5.94. The summed E-state index contributed by atoms with van der Waals surface area (Å²) in [5.41, 5.74) is 7.90. The van der Waals surface area contributed by atoms with Crippen LogP contribution in [0.25, 0.3) is 0 Å². The Kier molecular flexibility index (Phi) is 6.97. The van der Waals surface area contributed by atoms with E-state index >= 15 is 0 Å². The number of hydrogen-bond acceptors (Lipinski definition) is 5. The highest BCUT2D eigenvalue weighted by atomic mass is 16.5. The lowest BCUT2D eigenvalue weighted by molar-refractivity contribution is -0.152. The van der Waals surface area contributed by atoms with E-state index in [1.165, 1.54) is 17.5 Å². The smallest absolute Gasteiger partial charge is 0.404 e. The van der Waals surface area contributed by atoms with Crippen molar-refractivity contribution < 1.29 is 24.2 Å². The van der Waals surface area contributed by atoms with Crippen LogP contribution in [0.4, 0.5) is 4.79 Å². The molecule has 2 saturated carbocycles. The molecule has 0 unspecified atom stereocenters. The van der Waals surface area contributed by atoms with Crippen LogP contribution in [-0.2, 0) is 20.7 Å². The molecular formula is C25H35NO5. The zero-order valence-corrected chi connectivity index (χ0v) is 18.9. The minimum atomic E-state index is -0.711. The van der Waals surface area contributed by atoms with Crippen LogP contribution in [0.1, 0.15) is 69.9 Å². The Bertz CT molecular complexity index is 850. The highest BCUT2D eigenvalue weighted by Gasteiger charge is 2.56. The highest BCUT2D eigenvalue weighted by Crippen LogP contribution is 2.61.